The van der Waals surface area contributed by atoms with E-state index in [4.69, 9.17) is 0 Å². The third-order valence-electron chi connectivity index (χ3n) is 3.79. The fraction of sp³-hybridized carbons (Fsp3) is 0.571. The van der Waals surface area contributed by atoms with Gasteiger partial charge >= 0.3 is 0 Å². The molecule has 4 nitrogen and oxygen atoms in total. The minimum absolute atomic E-state index is 0.119. The van der Waals surface area contributed by atoms with E-state index in [1.807, 2.05) is 0 Å². The van der Waals surface area contributed by atoms with Gasteiger partial charge in [0.1, 0.15) is 0 Å². The van der Waals surface area contributed by atoms with Gasteiger partial charge in [-0.15, -0.1) is 11.3 Å². The van der Waals surface area contributed by atoms with Gasteiger partial charge in [-0.3, -0.25) is 4.79 Å². The number of nitrogens with zero attached hydrogens (tertiary/aromatic N) is 2. The summed E-state index contributed by atoms with van der Waals surface area (Å²) in [5, 5.41) is 3.78. The Balaban J connectivity index is 1.67. The summed E-state index contributed by atoms with van der Waals surface area (Å²) < 4.78 is 0. The number of allylic oxidation sites excluding steroid dienone is 2. The van der Waals surface area contributed by atoms with E-state index in [2.05, 4.69) is 34.4 Å². The quantitative estimate of drug-likeness (QED) is 0.844. The molecule has 0 saturated heterocycles. The molecule has 0 bridgehead atoms. The van der Waals surface area contributed by atoms with Gasteiger partial charge in [0, 0.05) is 30.3 Å². The van der Waals surface area contributed by atoms with Crippen LogP contribution in [-0.2, 0) is 17.8 Å². The van der Waals surface area contributed by atoms with Gasteiger partial charge in [0.25, 0.3) is 0 Å². The molecule has 2 heterocycles. The number of nitrogens with one attached hydrogen (secondary N) is 1. The lowest BCUT2D eigenvalue weighted by Crippen LogP contribution is -2.25. The number of amides is 1. The van der Waals surface area contributed by atoms with Crippen molar-refractivity contribution in [2.24, 2.45) is 5.92 Å². The van der Waals surface area contributed by atoms with Crippen LogP contribution < -0.4 is 5.32 Å². The normalized spacial score (nSPS) is 23.1. The van der Waals surface area contributed by atoms with Crippen LogP contribution in [0.5, 0.6) is 0 Å². The monoisotopic (exact) mass is 277 g/mol. The van der Waals surface area contributed by atoms with Crippen molar-refractivity contribution in [2.75, 3.05) is 18.9 Å². The van der Waals surface area contributed by atoms with E-state index in [1.54, 1.807) is 11.3 Å². The van der Waals surface area contributed by atoms with Crippen LogP contribution in [0, 0.1) is 5.92 Å². The van der Waals surface area contributed by atoms with Crippen LogP contribution in [0.4, 0.5) is 5.13 Å². The molecule has 0 saturated carbocycles. The molecule has 1 amide bonds. The van der Waals surface area contributed by atoms with Crippen molar-refractivity contribution in [2.45, 2.75) is 32.2 Å². The van der Waals surface area contributed by atoms with Gasteiger partial charge in [0.2, 0.25) is 5.91 Å². The molecule has 1 aromatic rings. The first-order valence-electron chi connectivity index (χ1n) is 6.85. The lowest BCUT2D eigenvalue weighted by Gasteiger charge is -2.20. The number of rotatable bonds is 2. The Labute approximate surface area is 117 Å². The number of hydrogen-bond acceptors (Lipinski definition) is 4. The van der Waals surface area contributed by atoms with Crippen LogP contribution >= 0.6 is 11.3 Å². The molecule has 0 aromatic carbocycles. The largest absolute Gasteiger partial charge is 0.302 e. The highest BCUT2D eigenvalue weighted by atomic mass is 32.1. The fourth-order valence-corrected chi connectivity index (χ4v) is 3.71. The van der Waals surface area contributed by atoms with Crippen molar-refractivity contribution < 1.29 is 4.79 Å². The molecular weight excluding hydrogens is 258 g/mol. The van der Waals surface area contributed by atoms with Gasteiger partial charge in [-0.05, 0) is 26.3 Å². The van der Waals surface area contributed by atoms with Crippen LogP contribution in [0.15, 0.2) is 12.2 Å². The van der Waals surface area contributed by atoms with Gasteiger partial charge in [-0.2, -0.15) is 0 Å². The Morgan fingerprint density at radius 1 is 1.53 bits per heavy atom. The fourth-order valence-electron chi connectivity index (χ4n) is 2.62. The second-order valence-electron chi connectivity index (χ2n) is 5.35. The highest BCUT2D eigenvalue weighted by molar-refractivity contribution is 7.15. The van der Waals surface area contributed by atoms with Gasteiger partial charge < -0.3 is 10.2 Å². The molecule has 3 rings (SSSR count). The molecule has 0 unspecified atom stereocenters. The number of fused-ring (bicyclic) bond motifs is 1. The summed E-state index contributed by atoms with van der Waals surface area (Å²) in [6.07, 6.45) is 8.08. The van der Waals surface area contributed by atoms with Gasteiger partial charge in [0.15, 0.2) is 5.13 Å². The van der Waals surface area contributed by atoms with E-state index < -0.39 is 0 Å². The second kappa shape index (κ2) is 5.43. The van der Waals surface area contributed by atoms with Crippen molar-refractivity contribution in [1.29, 1.82) is 0 Å². The molecule has 2 aliphatic rings. The summed E-state index contributed by atoms with van der Waals surface area (Å²) in [6, 6.07) is 0. The van der Waals surface area contributed by atoms with Crippen molar-refractivity contribution in [3.63, 3.8) is 0 Å². The maximum absolute atomic E-state index is 12.2. The van der Waals surface area contributed by atoms with E-state index in [9.17, 15) is 4.79 Å². The van der Waals surface area contributed by atoms with Crippen LogP contribution in [0.2, 0.25) is 0 Å². The molecule has 1 aliphatic carbocycles. The molecular formula is C14H19N3OS. The second-order valence-corrected chi connectivity index (χ2v) is 6.43. The highest BCUT2D eigenvalue weighted by Gasteiger charge is 2.22. The van der Waals surface area contributed by atoms with E-state index >= 15 is 0 Å². The van der Waals surface area contributed by atoms with Crippen molar-refractivity contribution in [3.05, 3.63) is 22.7 Å². The molecule has 1 atom stereocenters. The molecule has 19 heavy (non-hydrogen) atoms. The third-order valence-corrected chi connectivity index (χ3v) is 4.79. The van der Waals surface area contributed by atoms with Crippen LogP contribution in [0.1, 0.15) is 29.8 Å². The molecule has 1 aliphatic heterocycles. The Morgan fingerprint density at radius 2 is 2.42 bits per heavy atom. The Morgan fingerprint density at radius 3 is 3.21 bits per heavy atom. The average Bonchev–Trinajstić information content (AvgIpc) is 2.81. The highest BCUT2D eigenvalue weighted by Crippen LogP contribution is 2.28. The predicted octanol–water partition coefficient (Wildman–Crippen LogP) is 2.43. The SMILES string of the molecule is CN1CCc2nc(NC(=O)[C@@H]3CC=CCC3)sc2C1. The molecule has 1 aromatic heterocycles. The van der Waals surface area contributed by atoms with E-state index in [0.717, 1.165) is 43.9 Å². The van der Waals surface area contributed by atoms with Crippen LogP contribution in [0.3, 0.4) is 0 Å². The minimum Gasteiger partial charge on any atom is -0.302 e. The number of anilines is 1. The van der Waals surface area contributed by atoms with Crippen LogP contribution in [-0.4, -0.2) is 29.4 Å². The summed E-state index contributed by atoms with van der Waals surface area (Å²) in [5.41, 5.74) is 1.17. The third kappa shape index (κ3) is 2.87. The molecule has 5 heteroatoms. The van der Waals surface area contributed by atoms with Crippen LogP contribution in [0.25, 0.3) is 0 Å². The summed E-state index contributed by atoms with van der Waals surface area (Å²) >= 11 is 1.63. The van der Waals surface area contributed by atoms with Gasteiger partial charge in [-0.25, -0.2) is 4.98 Å². The molecule has 0 radical (unpaired) electrons. The number of thiazole rings is 1. The smallest absolute Gasteiger partial charge is 0.229 e. The lowest BCUT2D eigenvalue weighted by atomic mass is 9.94. The van der Waals surface area contributed by atoms with Gasteiger partial charge in [0.05, 0.1) is 5.69 Å². The summed E-state index contributed by atoms with van der Waals surface area (Å²) in [6.45, 7) is 2.01. The maximum atomic E-state index is 12.2. The molecule has 0 spiro atoms. The number of hydrogen-bond donors (Lipinski definition) is 1. The van der Waals surface area contributed by atoms with Crippen molar-refractivity contribution >= 4 is 22.4 Å². The zero-order chi connectivity index (χ0) is 13.2. The number of likely N-dealkylation sites (N-methyl/N-ethyl adjacent to an activating group) is 1. The summed E-state index contributed by atoms with van der Waals surface area (Å²) in [4.78, 5) is 20.3. The lowest BCUT2D eigenvalue weighted by molar-refractivity contribution is -0.120. The first-order valence-corrected chi connectivity index (χ1v) is 7.67. The number of carbonyl (C=O) groups excluding carboxylic acids is 1. The Hall–Kier alpha value is -1.20. The van der Waals surface area contributed by atoms with E-state index in [1.165, 1.54) is 10.6 Å². The van der Waals surface area contributed by atoms with Crippen molar-refractivity contribution in [3.8, 4) is 0 Å². The van der Waals surface area contributed by atoms with Gasteiger partial charge in [-0.1, -0.05) is 12.2 Å². The standard InChI is InChI=1S/C14H19N3OS/c1-17-8-7-11-12(9-17)19-14(15-11)16-13(18)10-5-3-2-4-6-10/h2-3,10H,4-9H2,1H3,(H,15,16,18)/t10-/m1/s1. The first kappa shape index (κ1) is 12.8. The average molecular weight is 277 g/mol. The number of aromatic nitrogens is 1. The predicted molar refractivity (Wildman–Crippen MR) is 77.3 cm³/mol. The Bertz CT molecular complexity index is 509. The zero-order valence-corrected chi connectivity index (χ0v) is 12.0. The molecule has 102 valence electrons. The molecule has 1 N–H and O–H groups in total. The summed E-state index contributed by atoms with van der Waals surface area (Å²) in [5.74, 6) is 0.248. The van der Waals surface area contributed by atoms with Crippen molar-refractivity contribution in [1.82, 2.24) is 9.88 Å². The van der Waals surface area contributed by atoms with E-state index in [-0.39, 0.29) is 11.8 Å². The maximum Gasteiger partial charge on any atom is 0.229 e. The topological polar surface area (TPSA) is 45.2 Å². The minimum atomic E-state index is 0.119. The first-order chi connectivity index (χ1) is 9.22. The zero-order valence-electron chi connectivity index (χ0n) is 11.2. The van der Waals surface area contributed by atoms with E-state index in [0.29, 0.717) is 0 Å². The number of carbonyl (C=O) groups is 1. The Kier molecular flexibility index (Phi) is 3.66. The molecule has 0 fully saturated rings. The summed E-state index contributed by atoms with van der Waals surface area (Å²) in [7, 11) is 2.12.